The Bertz CT molecular complexity index is 1300. The molecule has 162 valence electrons. The van der Waals surface area contributed by atoms with Gasteiger partial charge in [0.05, 0.1) is 12.7 Å². The molecule has 0 aliphatic heterocycles. The Balaban J connectivity index is 1.67. The smallest absolute Gasteiger partial charge is 0.307 e. The van der Waals surface area contributed by atoms with Gasteiger partial charge in [-0.1, -0.05) is 18.2 Å². The van der Waals surface area contributed by atoms with E-state index in [1.54, 1.807) is 24.5 Å². The van der Waals surface area contributed by atoms with Crippen molar-refractivity contribution in [2.24, 2.45) is 5.73 Å². The highest BCUT2D eigenvalue weighted by molar-refractivity contribution is 5.95. The quantitative estimate of drug-likeness (QED) is 0.384. The van der Waals surface area contributed by atoms with Crippen molar-refractivity contribution in [1.29, 1.82) is 0 Å². The number of Topliss-reactive ketones (excluding diaryl/α,β-unsaturated/α-hetero) is 1. The molecule has 0 saturated heterocycles. The number of carbonyl (C=O) groups excluding carboxylic acids is 1. The number of furan rings is 1. The fourth-order valence-corrected chi connectivity index (χ4v) is 3.71. The minimum Gasteiger partial charge on any atom is -0.489 e. The SMILES string of the molecule is CC(=O)c1ccc(OCc2cc(-c3cccc(CN)c3)c3occc3c2)c(CC(=O)O)c1. The molecule has 1 aromatic heterocycles. The lowest BCUT2D eigenvalue weighted by Gasteiger charge is -2.13. The number of carboxylic acid groups (broad SMARTS) is 1. The molecule has 0 radical (unpaired) electrons. The third-order valence-corrected chi connectivity index (χ3v) is 5.29. The number of ketones is 1. The molecule has 0 saturated carbocycles. The number of hydrogen-bond acceptors (Lipinski definition) is 5. The zero-order valence-electron chi connectivity index (χ0n) is 17.6. The van der Waals surface area contributed by atoms with Gasteiger partial charge in [0.15, 0.2) is 5.78 Å². The maximum atomic E-state index is 11.7. The van der Waals surface area contributed by atoms with E-state index in [2.05, 4.69) is 0 Å². The predicted molar refractivity (Wildman–Crippen MR) is 122 cm³/mol. The molecular weight excluding hydrogens is 406 g/mol. The standard InChI is InChI=1S/C26H23NO5/c1-16(28)19-5-6-24(22(12-19)13-25(29)30)32-15-18-10-21-7-8-31-26(21)23(11-18)20-4-2-3-17(9-20)14-27/h2-12H,13-15,27H2,1H3,(H,29,30). The average Bonchev–Trinajstić information content (AvgIpc) is 3.26. The number of benzene rings is 3. The molecule has 4 rings (SSSR count). The Kier molecular flexibility index (Phi) is 6.05. The number of hydrogen-bond donors (Lipinski definition) is 2. The van der Waals surface area contributed by atoms with Crippen LogP contribution in [0.2, 0.25) is 0 Å². The van der Waals surface area contributed by atoms with E-state index in [4.69, 9.17) is 14.9 Å². The number of nitrogens with two attached hydrogens (primary N) is 1. The van der Waals surface area contributed by atoms with Crippen molar-refractivity contribution < 1.29 is 23.8 Å². The van der Waals surface area contributed by atoms with Gasteiger partial charge in [0.1, 0.15) is 17.9 Å². The molecular formula is C26H23NO5. The van der Waals surface area contributed by atoms with Gasteiger partial charge in [0, 0.05) is 28.6 Å². The number of carboxylic acids is 1. The summed E-state index contributed by atoms with van der Waals surface area (Å²) in [5.74, 6) is -0.674. The first-order chi connectivity index (χ1) is 15.4. The Labute approximate surface area is 185 Å². The number of carbonyl (C=O) groups is 2. The van der Waals surface area contributed by atoms with E-state index in [0.29, 0.717) is 23.4 Å². The molecule has 3 N–H and O–H groups in total. The number of fused-ring (bicyclic) bond motifs is 1. The van der Waals surface area contributed by atoms with Crippen molar-refractivity contribution in [2.45, 2.75) is 26.5 Å². The maximum Gasteiger partial charge on any atom is 0.307 e. The minimum atomic E-state index is -0.988. The molecule has 6 heteroatoms. The molecule has 0 fully saturated rings. The van der Waals surface area contributed by atoms with Gasteiger partial charge < -0.3 is 20.0 Å². The highest BCUT2D eigenvalue weighted by atomic mass is 16.5. The molecule has 6 nitrogen and oxygen atoms in total. The van der Waals surface area contributed by atoms with E-state index in [1.807, 2.05) is 42.5 Å². The first-order valence-corrected chi connectivity index (χ1v) is 10.2. The van der Waals surface area contributed by atoms with Crippen LogP contribution in [-0.4, -0.2) is 16.9 Å². The van der Waals surface area contributed by atoms with Crippen LogP contribution in [0.25, 0.3) is 22.1 Å². The summed E-state index contributed by atoms with van der Waals surface area (Å²) in [6, 6.07) is 18.7. The fourth-order valence-electron chi connectivity index (χ4n) is 3.71. The monoisotopic (exact) mass is 429 g/mol. The van der Waals surface area contributed by atoms with Crippen LogP contribution in [0.15, 0.2) is 71.3 Å². The Morgan fingerprint density at radius 3 is 2.62 bits per heavy atom. The maximum absolute atomic E-state index is 11.7. The summed E-state index contributed by atoms with van der Waals surface area (Å²) in [7, 11) is 0. The second-order valence-electron chi connectivity index (χ2n) is 7.62. The molecule has 0 amide bonds. The van der Waals surface area contributed by atoms with Crippen molar-refractivity contribution in [3.8, 4) is 16.9 Å². The van der Waals surface area contributed by atoms with Gasteiger partial charge in [0.25, 0.3) is 0 Å². The zero-order valence-corrected chi connectivity index (χ0v) is 17.6. The molecule has 0 bridgehead atoms. The van der Waals surface area contributed by atoms with Crippen LogP contribution in [0.5, 0.6) is 5.75 Å². The molecule has 0 aliphatic carbocycles. The summed E-state index contributed by atoms with van der Waals surface area (Å²) in [6.45, 7) is 2.12. The van der Waals surface area contributed by atoms with Crippen molar-refractivity contribution in [2.75, 3.05) is 0 Å². The van der Waals surface area contributed by atoms with Gasteiger partial charge in [0.2, 0.25) is 0 Å². The van der Waals surface area contributed by atoms with E-state index in [1.165, 1.54) is 6.92 Å². The lowest BCUT2D eigenvalue weighted by atomic mass is 9.99. The van der Waals surface area contributed by atoms with Gasteiger partial charge >= 0.3 is 5.97 Å². The van der Waals surface area contributed by atoms with E-state index in [9.17, 15) is 14.7 Å². The van der Waals surface area contributed by atoms with Gasteiger partial charge in [-0.3, -0.25) is 9.59 Å². The largest absolute Gasteiger partial charge is 0.489 e. The number of ether oxygens (including phenoxy) is 1. The van der Waals surface area contributed by atoms with Crippen LogP contribution in [0.1, 0.15) is 34.0 Å². The molecule has 3 aromatic carbocycles. The molecule has 1 heterocycles. The van der Waals surface area contributed by atoms with Crippen molar-refractivity contribution in [3.05, 3.63) is 89.2 Å². The lowest BCUT2D eigenvalue weighted by Crippen LogP contribution is -2.06. The van der Waals surface area contributed by atoms with Crippen LogP contribution in [0.3, 0.4) is 0 Å². The third-order valence-electron chi connectivity index (χ3n) is 5.29. The summed E-state index contributed by atoms with van der Waals surface area (Å²) in [5, 5.41) is 10.2. The first kappa shape index (κ1) is 21.3. The summed E-state index contributed by atoms with van der Waals surface area (Å²) >= 11 is 0. The van der Waals surface area contributed by atoms with E-state index in [0.717, 1.165) is 33.2 Å². The van der Waals surface area contributed by atoms with Gasteiger partial charge in [-0.2, -0.15) is 0 Å². The highest BCUT2D eigenvalue weighted by Crippen LogP contribution is 2.32. The molecule has 4 aromatic rings. The average molecular weight is 429 g/mol. The van der Waals surface area contributed by atoms with Crippen molar-refractivity contribution in [1.82, 2.24) is 0 Å². The Hall–Kier alpha value is -3.90. The molecule has 0 unspecified atom stereocenters. The van der Waals surface area contributed by atoms with Crippen LogP contribution in [-0.2, 0) is 24.4 Å². The Morgan fingerprint density at radius 1 is 1.03 bits per heavy atom. The number of rotatable bonds is 8. The predicted octanol–water partition coefficient (Wildman–Crippen LogP) is 4.97. The summed E-state index contributed by atoms with van der Waals surface area (Å²) < 4.78 is 11.7. The van der Waals surface area contributed by atoms with Crippen molar-refractivity contribution >= 4 is 22.7 Å². The van der Waals surface area contributed by atoms with Gasteiger partial charge in [-0.15, -0.1) is 0 Å². The fraction of sp³-hybridized carbons (Fsp3) is 0.154. The second-order valence-corrected chi connectivity index (χ2v) is 7.62. The van der Waals surface area contributed by atoms with Crippen LogP contribution < -0.4 is 10.5 Å². The lowest BCUT2D eigenvalue weighted by molar-refractivity contribution is -0.136. The molecule has 0 atom stereocenters. The number of aliphatic carboxylic acids is 1. The van der Waals surface area contributed by atoms with Gasteiger partial charge in [-0.25, -0.2) is 0 Å². The minimum absolute atomic E-state index is 0.127. The van der Waals surface area contributed by atoms with Crippen LogP contribution >= 0.6 is 0 Å². The van der Waals surface area contributed by atoms with E-state index < -0.39 is 5.97 Å². The van der Waals surface area contributed by atoms with Crippen LogP contribution in [0, 0.1) is 0 Å². The Morgan fingerprint density at radius 2 is 1.88 bits per heavy atom. The van der Waals surface area contributed by atoms with Crippen LogP contribution in [0.4, 0.5) is 0 Å². The van der Waals surface area contributed by atoms with Gasteiger partial charge in [-0.05, 0) is 66.1 Å². The summed E-state index contributed by atoms with van der Waals surface area (Å²) in [4.78, 5) is 23.0. The highest BCUT2D eigenvalue weighted by Gasteiger charge is 2.14. The third kappa shape index (κ3) is 4.55. The summed E-state index contributed by atoms with van der Waals surface area (Å²) in [5.41, 5.74) is 11.3. The first-order valence-electron chi connectivity index (χ1n) is 10.2. The summed E-state index contributed by atoms with van der Waals surface area (Å²) in [6.07, 6.45) is 1.42. The zero-order chi connectivity index (χ0) is 22.7. The van der Waals surface area contributed by atoms with E-state index >= 15 is 0 Å². The van der Waals surface area contributed by atoms with E-state index in [-0.39, 0.29) is 18.8 Å². The molecule has 0 aliphatic rings. The molecule has 0 spiro atoms. The second kappa shape index (κ2) is 9.08. The topological polar surface area (TPSA) is 103 Å². The van der Waals surface area contributed by atoms with Crippen molar-refractivity contribution in [3.63, 3.8) is 0 Å². The normalized spacial score (nSPS) is 10.9. The molecule has 32 heavy (non-hydrogen) atoms.